The Bertz CT molecular complexity index is 1020. The number of alkyl halides is 2. The molecule has 0 atom stereocenters. The number of aromatic nitrogens is 1. The number of nitriles is 1. The second-order valence-corrected chi connectivity index (χ2v) is 6.43. The minimum atomic E-state index is -2.02. The first-order valence-electron chi connectivity index (χ1n) is 9.11. The maximum atomic E-state index is 14.2. The van der Waals surface area contributed by atoms with Crippen molar-refractivity contribution in [3.8, 4) is 6.07 Å². The molecule has 11 heteroatoms. The lowest BCUT2D eigenvalue weighted by molar-refractivity contribution is -0.0194. The number of nitrogen functional groups attached to an aromatic ring is 1. The fourth-order valence-corrected chi connectivity index (χ4v) is 2.61. The number of anilines is 2. The van der Waals surface area contributed by atoms with Gasteiger partial charge in [0.05, 0.1) is 17.8 Å². The van der Waals surface area contributed by atoms with Crippen molar-refractivity contribution in [1.82, 2.24) is 4.98 Å². The Morgan fingerprint density at radius 1 is 1.35 bits per heavy atom. The minimum absolute atomic E-state index is 0.000896. The lowest BCUT2D eigenvalue weighted by atomic mass is 10.1. The summed E-state index contributed by atoms with van der Waals surface area (Å²) in [6.45, 7) is -1.25. The highest BCUT2D eigenvalue weighted by atomic mass is 19.1. The van der Waals surface area contributed by atoms with Crippen molar-refractivity contribution in [2.45, 2.75) is 19.1 Å². The van der Waals surface area contributed by atoms with E-state index in [0.29, 0.717) is 0 Å². The van der Waals surface area contributed by atoms with Gasteiger partial charge in [-0.2, -0.15) is 5.26 Å². The number of carbonyl (C=O) groups excluding carboxylic acids is 1. The highest BCUT2D eigenvalue weighted by Crippen LogP contribution is 2.20. The fourth-order valence-electron chi connectivity index (χ4n) is 2.61. The summed E-state index contributed by atoms with van der Waals surface area (Å²) >= 11 is 0. The molecule has 1 heterocycles. The molecule has 1 aromatic carbocycles. The first-order chi connectivity index (χ1) is 14.8. The number of aliphatic imine (C=N–C) groups is 1. The summed E-state index contributed by atoms with van der Waals surface area (Å²) in [6.07, 6.45) is 1.19. The third-order valence-electron chi connectivity index (χ3n) is 4.30. The smallest absolute Gasteiger partial charge is 0.276 e. The van der Waals surface area contributed by atoms with Crippen LogP contribution in [0.3, 0.4) is 0 Å². The number of halogens is 3. The van der Waals surface area contributed by atoms with E-state index in [1.54, 1.807) is 6.92 Å². The number of hydrogen-bond acceptors (Lipinski definition) is 6. The molecule has 164 valence electrons. The molecule has 1 amide bonds. The molecule has 0 aliphatic rings. The van der Waals surface area contributed by atoms with E-state index in [9.17, 15) is 18.0 Å². The van der Waals surface area contributed by atoms with Crippen molar-refractivity contribution in [3.63, 3.8) is 0 Å². The van der Waals surface area contributed by atoms with E-state index in [2.05, 4.69) is 15.3 Å². The number of carbonyl (C=O) groups is 1. The van der Waals surface area contributed by atoms with Gasteiger partial charge in [-0.05, 0) is 31.2 Å². The van der Waals surface area contributed by atoms with Crippen molar-refractivity contribution < 1.29 is 22.7 Å². The molecule has 0 aliphatic heterocycles. The van der Waals surface area contributed by atoms with Crippen molar-refractivity contribution >= 4 is 23.1 Å². The van der Waals surface area contributed by atoms with Crippen LogP contribution >= 0.6 is 0 Å². The Labute approximate surface area is 176 Å². The first-order valence-corrected chi connectivity index (χ1v) is 9.11. The summed E-state index contributed by atoms with van der Waals surface area (Å²) in [6, 6.07) is 6.84. The van der Waals surface area contributed by atoms with Crippen molar-refractivity contribution in [2.75, 3.05) is 31.0 Å². The average Bonchev–Trinajstić information content (AvgIpc) is 2.77. The molecule has 8 nitrogen and oxygen atoms in total. The summed E-state index contributed by atoms with van der Waals surface area (Å²) < 4.78 is 45.9. The molecule has 1 aromatic heterocycles. The van der Waals surface area contributed by atoms with Gasteiger partial charge >= 0.3 is 0 Å². The van der Waals surface area contributed by atoms with Crippen molar-refractivity contribution in [3.05, 3.63) is 53.1 Å². The predicted molar refractivity (Wildman–Crippen MR) is 109 cm³/mol. The molecule has 0 aliphatic carbocycles. The lowest BCUT2D eigenvalue weighted by Crippen LogP contribution is -2.50. The zero-order valence-electron chi connectivity index (χ0n) is 16.7. The van der Waals surface area contributed by atoms with E-state index in [0.717, 1.165) is 6.07 Å². The van der Waals surface area contributed by atoms with Crippen LogP contribution in [0.2, 0.25) is 0 Å². The number of ether oxygens (including phenoxy) is 1. The summed E-state index contributed by atoms with van der Waals surface area (Å²) in [5.41, 5.74) is 9.72. The monoisotopic (exact) mass is 434 g/mol. The van der Waals surface area contributed by atoms with Crippen LogP contribution in [0.25, 0.3) is 0 Å². The zero-order chi connectivity index (χ0) is 23.0. The van der Waals surface area contributed by atoms with Gasteiger partial charge in [0.25, 0.3) is 5.91 Å². The normalized spacial score (nSPS) is 11.8. The van der Waals surface area contributed by atoms with Gasteiger partial charge in [0, 0.05) is 24.1 Å². The molecule has 2 rings (SSSR count). The van der Waals surface area contributed by atoms with Gasteiger partial charge in [0.2, 0.25) is 0 Å². The molecule has 0 fully saturated rings. The fraction of sp³-hybridized carbons (Fsp3) is 0.300. The van der Waals surface area contributed by atoms with E-state index < -0.39 is 36.5 Å². The van der Waals surface area contributed by atoms with Gasteiger partial charge in [-0.1, -0.05) is 0 Å². The zero-order valence-corrected chi connectivity index (χ0v) is 16.7. The second-order valence-electron chi connectivity index (χ2n) is 6.43. The van der Waals surface area contributed by atoms with Gasteiger partial charge in [-0.15, -0.1) is 0 Å². The Kier molecular flexibility index (Phi) is 7.93. The van der Waals surface area contributed by atoms with Gasteiger partial charge < -0.3 is 21.5 Å². The highest BCUT2D eigenvalue weighted by Gasteiger charge is 2.36. The Balaban J connectivity index is 2.22. The highest BCUT2D eigenvalue weighted by molar-refractivity contribution is 6.06. The van der Waals surface area contributed by atoms with Crippen LogP contribution in [-0.4, -0.2) is 42.3 Å². The first kappa shape index (κ1) is 23.6. The van der Waals surface area contributed by atoms with Gasteiger partial charge in [-0.3, -0.25) is 9.79 Å². The minimum Gasteiger partial charge on any atom is -0.397 e. The number of rotatable bonds is 9. The molecular formula is C20H21F3N6O2. The summed E-state index contributed by atoms with van der Waals surface area (Å²) in [5, 5.41) is 11.3. The van der Waals surface area contributed by atoms with Crippen LogP contribution in [0.4, 0.5) is 24.5 Å². The van der Waals surface area contributed by atoms with Crippen LogP contribution in [0, 0.1) is 17.1 Å². The predicted octanol–water partition coefficient (Wildman–Crippen LogP) is 2.50. The van der Waals surface area contributed by atoms with Crippen LogP contribution < -0.4 is 16.8 Å². The molecule has 31 heavy (non-hydrogen) atoms. The summed E-state index contributed by atoms with van der Waals surface area (Å²) in [5.74, 6) is -1.77. The van der Waals surface area contributed by atoms with Crippen LogP contribution in [0.15, 0.2) is 35.5 Å². The molecule has 0 unspecified atom stereocenters. The van der Waals surface area contributed by atoms with Crippen LogP contribution in [0.5, 0.6) is 0 Å². The molecular weight excluding hydrogens is 413 g/mol. The number of nitrogens with two attached hydrogens (primary N) is 2. The largest absolute Gasteiger partial charge is 0.397 e. The molecule has 0 saturated heterocycles. The van der Waals surface area contributed by atoms with Gasteiger partial charge in [0.15, 0.2) is 11.3 Å². The van der Waals surface area contributed by atoms with E-state index in [4.69, 9.17) is 21.5 Å². The van der Waals surface area contributed by atoms with Crippen molar-refractivity contribution in [1.29, 1.82) is 5.26 Å². The standard InChI is InChI=1S/C20H21F3N6O2/c1-2-31-20(10-21,11-22)19(26)28-9-13-6-14(3-4-15(13)23)29-18(30)17-16(25)5-12(7-24)8-27-17/h3-6,8H,2,9-11,25H2,1H3,(H2,26,28)(H,29,30). The molecule has 2 aromatic rings. The number of nitrogens with zero attached hydrogens (tertiary/aromatic N) is 3. The SMILES string of the molecule is CCOC(CF)(CF)/C(N)=N\Cc1cc(NC(=O)c2ncc(C#N)cc2N)ccc1F. The van der Waals surface area contributed by atoms with E-state index in [1.165, 1.54) is 24.4 Å². The van der Waals surface area contributed by atoms with E-state index in [1.807, 2.05) is 6.07 Å². The van der Waals surface area contributed by atoms with Crippen LogP contribution in [0.1, 0.15) is 28.5 Å². The lowest BCUT2D eigenvalue weighted by Gasteiger charge is -2.27. The van der Waals surface area contributed by atoms with Crippen LogP contribution in [-0.2, 0) is 11.3 Å². The second kappa shape index (κ2) is 10.4. The Hall–Kier alpha value is -3.65. The van der Waals surface area contributed by atoms with E-state index in [-0.39, 0.29) is 41.3 Å². The number of hydrogen-bond donors (Lipinski definition) is 3. The van der Waals surface area contributed by atoms with Crippen molar-refractivity contribution in [2.24, 2.45) is 10.7 Å². The number of amides is 1. The Morgan fingerprint density at radius 2 is 2.06 bits per heavy atom. The summed E-state index contributed by atoms with van der Waals surface area (Å²) in [4.78, 5) is 20.1. The third-order valence-corrected chi connectivity index (χ3v) is 4.30. The quantitative estimate of drug-likeness (QED) is 0.409. The third kappa shape index (κ3) is 5.49. The maximum Gasteiger partial charge on any atom is 0.276 e. The molecule has 0 spiro atoms. The summed E-state index contributed by atoms with van der Waals surface area (Å²) in [7, 11) is 0. The van der Waals surface area contributed by atoms with Gasteiger partial charge in [-0.25, -0.2) is 18.2 Å². The van der Waals surface area contributed by atoms with E-state index >= 15 is 0 Å². The topological polar surface area (TPSA) is 139 Å². The maximum absolute atomic E-state index is 14.2. The molecule has 5 N–H and O–H groups in total. The number of amidine groups is 1. The molecule has 0 bridgehead atoms. The number of nitrogens with one attached hydrogen (secondary N) is 1. The van der Waals surface area contributed by atoms with Gasteiger partial charge in [0.1, 0.15) is 31.1 Å². The average molecular weight is 434 g/mol. The number of pyridine rings is 1. The number of benzene rings is 1. The Morgan fingerprint density at radius 3 is 2.65 bits per heavy atom. The molecule has 0 saturated carbocycles. The molecule has 0 radical (unpaired) electrons.